The van der Waals surface area contributed by atoms with E-state index >= 15 is 0 Å². The number of aryl methyl sites for hydroxylation is 2. The van der Waals surface area contributed by atoms with E-state index < -0.39 is 0 Å². The maximum Gasteiger partial charge on any atom is 0.191 e. The molecule has 1 fully saturated rings. The van der Waals surface area contributed by atoms with Crippen molar-refractivity contribution < 1.29 is 0 Å². The number of nitrogens with one attached hydrogen (secondary N) is 2. The fraction of sp³-hybridized carbons (Fsp3) is 0.765. The summed E-state index contributed by atoms with van der Waals surface area (Å²) in [5.41, 5.74) is 1.62. The lowest BCUT2D eigenvalue weighted by Gasteiger charge is -2.35. The van der Waals surface area contributed by atoms with Gasteiger partial charge in [-0.15, -0.1) is 35.3 Å². The average Bonchev–Trinajstić information content (AvgIpc) is 2.77. The Morgan fingerprint density at radius 1 is 1.30 bits per heavy atom. The second-order valence-corrected chi connectivity index (χ2v) is 8.31. The monoisotopic (exact) mass is 450 g/mol. The smallest absolute Gasteiger partial charge is 0.191 e. The molecule has 0 radical (unpaired) electrons. The number of aliphatic imine (C=N–C) groups is 1. The third-order valence-electron chi connectivity index (χ3n) is 4.40. The van der Waals surface area contributed by atoms with E-state index in [9.17, 15) is 0 Å². The topological polar surface area (TPSA) is 49.3 Å². The van der Waals surface area contributed by atoms with Crippen LogP contribution in [0.3, 0.4) is 0 Å². The van der Waals surface area contributed by atoms with Crippen LogP contribution in [0.1, 0.15) is 62.0 Å². The van der Waals surface area contributed by atoms with Crippen molar-refractivity contribution in [3.63, 3.8) is 0 Å². The molecule has 0 unspecified atom stereocenters. The quantitative estimate of drug-likeness (QED) is 0.406. The van der Waals surface area contributed by atoms with Crippen molar-refractivity contribution in [2.24, 2.45) is 10.4 Å². The summed E-state index contributed by atoms with van der Waals surface area (Å²) in [5, 5.41) is 8.11. The van der Waals surface area contributed by atoms with Gasteiger partial charge in [-0.05, 0) is 51.9 Å². The number of halogens is 1. The van der Waals surface area contributed by atoms with E-state index in [1.54, 1.807) is 11.3 Å². The van der Waals surface area contributed by atoms with Crippen molar-refractivity contribution in [1.82, 2.24) is 15.6 Å². The highest BCUT2D eigenvalue weighted by Crippen LogP contribution is 2.34. The van der Waals surface area contributed by atoms with E-state index in [2.05, 4.69) is 50.2 Å². The lowest BCUT2D eigenvalue weighted by atomic mass is 9.75. The third kappa shape index (κ3) is 6.57. The van der Waals surface area contributed by atoms with Gasteiger partial charge in [0.1, 0.15) is 0 Å². The van der Waals surface area contributed by atoms with Gasteiger partial charge < -0.3 is 10.6 Å². The number of hydrogen-bond donors (Lipinski definition) is 2. The molecular formula is C17H31IN4S. The van der Waals surface area contributed by atoms with Gasteiger partial charge in [-0.2, -0.15) is 0 Å². The summed E-state index contributed by atoms with van der Waals surface area (Å²) < 4.78 is 0. The lowest BCUT2D eigenvalue weighted by molar-refractivity contribution is 0.216. The standard InChI is InChI=1S/C17H30N4S.HI/c1-6-18-16(19-11-15-12(2)20-13(3)22-15)21-14-7-9-17(4,5)10-8-14;/h14H,6-11H2,1-5H3,(H2,18,19,21);1H. The van der Waals surface area contributed by atoms with E-state index in [0.29, 0.717) is 18.0 Å². The Morgan fingerprint density at radius 2 is 1.96 bits per heavy atom. The number of aromatic nitrogens is 1. The van der Waals surface area contributed by atoms with Crippen LogP contribution in [0.25, 0.3) is 0 Å². The minimum absolute atomic E-state index is 0. The summed E-state index contributed by atoms with van der Waals surface area (Å²) in [7, 11) is 0. The zero-order valence-electron chi connectivity index (χ0n) is 15.0. The van der Waals surface area contributed by atoms with Crippen LogP contribution in [0.2, 0.25) is 0 Å². The zero-order valence-corrected chi connectivity index (χ0v) is 18.2. The molecule has 6 heteroatoms. The van der Waals surface area contributed by atoms with Crippen LogP contribution in [0, 0.1) is 19.3 Å². The molecule has 0 amide bonds. The molecule has 0 bridgehead atoms. The van der Waals surface area contributed by atoms with Crippen LogP contribution in [0.5, 0.6) is 0 Å². The SMILES string of the molecule is CCNC(=NCc1sc(C)nc1C)NC1CCC(C)(C)CC1.I. The Balaban J connectivity index is 0.00000264. The largest absolute Gasteiger partial charge is 0.357 e. The molecule has 23 heavy (non-hydrogen) atoms. The molecular weight excluding hydrogens is 419 g/mol. The fourth-order valence-electron chi connectivity index (χ4n) is 2.93. The predicted molar refractivity (Wildman–Crippen MR) is 111 cm³/mol. The summed E-state index contributed by atoms with van der Waals surface area (Å²) in [4.78, 5) is 10.5. The minimum Gasteiger partial charge on any atom is -0.357 e. The van der Waals surface area contributed by atoms with E-state index in [4.69, 9.17) is 4.99 Å². The molecule has 0 spiro atoms. The highest BCUT2D eigenvalue weighted by Gasteiger charge is 2.27. The van der Waals surface area contributed by atoms with Crippen LogP contribution in [-0.2, 0) is 6.54 Å². The Morgan fingerprint density at radius 3 is 2.48 bits per heavy atom. The molecule has 0 aromatic carbocycles. The maximum absolute atomic E-state index is 4.75. The highest BCUT2D eigenvalue weighted by molar-refractivity contribution is 14.0. The molecule has 2 rings (SSSR count). The van der Waals surface area contributed by atoms with Crippen LogP contribution in [0.4, 0.5) is 0 Å². The molecule has 0 atom stereocenters. The molecule has 1 aromatic heterocycles. The number of nitrogens with zero attached hydrogens (tertiary/aromatic N) is 2. The number of guanidine groups is 1. The fourth-order valence-corrected chi connectivity index (χ4v) is 3.79. The molecule has 2 N–H and O–H groups in total. The van der Waals surface area contributed by atoms with Gasteiger partial charge in [-0.1, -0.05) is 13.8 Å². The Hall–Kier alpha value is -0.370. The molecule has 4 nitrogen and oxygen atoms in total. The van der Waals surface area contributed by atoms with Gasteiger partial charge in [0, 0.05) is 17.5 Å². The Labute approximate surface area is 162 Å². The summed E-state index contributed by atoms with van der Waals surface area (Å²) in [6.07, 6.45) is 5.04. The molecule has 1 aliphatic carbocycles. The molecule has 1 saturated carbocycles. The van der Waals surface area contributed by atoms with Gasteiger partial charge in [-0.25, -0.2) is 9.98 Å². The van der Waals surface area contributed by atoms with Crippen molar-refractivity contribution >= 4 is 41.3 Å². The number of thiazole rings is 1. The van der Waals surface area contributed by atoms with Crippen LogP contribution < -0.4 is 10.6 Å². The first-order valence-corrected chi connectivity index (χ1v) is 9.19. The number of hydrogen-bond acceptors (Lipinski definition) is 3. The maximum atomic E-state index is 4.75. The van der Waals surface area contributed by atoms with Gasteiger partial charge in [0.25, 0.3) is 0 Å². The molecule has 132 valence electrons. The number of rotatable bonds is 4. The predicted octanol–water partition coefficient (Wildman–Crippen LogP) is 4.40. The molecule has 0 aliphatic heterocycles. The van der Waals surface area contributed by atoms with Crippen molar-refractivity contribution in [1.29, 1.82) is 0 Å². The van der Waals surface area contributed by atoms with Crippen LogP contribution in [-0.4, -0.2) is 23.5 Å². The van der Waals surface area contributed by atoms with Gasteiger partial charge in [0.2, 0.25) is 0 Å². The van der Waals surface area contributed by atoms with E-state index in [0.717, 1.165) is 23.2 Å². The van der Waals surface area contributed by atoms with Gasteiger partial charge in [0.05, 0.1) is 17.2 Å². The van der Waals surface area contributed by atoms with Gasteiger partial charge in [0.15, 0.2) is 5.96 Å². The third-order valence-corrected chi connectivity index (χ3v) is 5.46. The van der Waals surface area contributed by atoms with Gasteiger partial charge >= 0.3 is 0 Å². The molecule has 0 saturated heterocycles. The second kappa shape index (κ2) is 9.20. The molecule has 1 heterocycles. The summed E-state index contributed by atoms with van der Waals surface area (Å²) in [6.45, 7) is 12.6. The Bertz CT molecular complexity index is 515. The minimum atomic E-state index is 0. The summed E-state index contributed by atoms with van der Waals surface area (Å²) >= 11 is 1.75. The average molecular weight is 450 g/mol. The van der Waals surface area contributed by atoms with Crippen LogP contribution in [0.15, 0.2) is 4.99 Å². The Kier molecular flexibility index (Phi) is 8.27. The first kappa shape index (κ1) is 20.7. The van der Waals surface area contributed by atoms with Gasteiger partial charge in [-0.3, -0.25) is 0 Å². The van der Waals surface area contributed by atoms with Crippen molar-refractivity contribution in [2.75, 3.05) is 6.54 Å². The zero-order chi connectivity index (χ0) is 16.2. The summed E-state index contributed by atoms with van der Waals surface area (Å²) in [5.74, 6) is 0.942. The molecule has 1 aliphatic rings. The normalized spacial score (nSPS) is 18.4. The lowest BCUT2D eigenvalue weighted by Crippen LogP contribution is -2.45. The van der Waals surface area contributed by atoms with Crippen molar-refractivity contribution in [2.45, 2.75) is 72.9 Å². The van der Waals surface area contributed by atoms with Crippen molar-refractivity contribution in [3.8, 4) is 0 Å². The molecule has 1 aromatic rings. The van der Waals surface area contributed by atoms with E-state index in [1.807, 2.05) is 0 Å². The first-order valence-electron chi connectivity index (χ1n) is 8.37. The first-order chi connectivity index (χ1) is 10.4. The second-order valence-electron chi connectivity index (χ2n) is 7.02. The van der Waals surface area contributed by atoms with Crippen molar-refractivity contribution in [3.05, 3.63) is 15.6 Å². The van der Waals surface area contributed by atoms with E-state index in [-0.39, 0.29) is 24.0 Å². The summed E-state index contributed by atoms with van der Waals surface area (Å²) in [6, 6.07) is 0.551. The highest BCUT2D eigenvalue weighted by atomic mass is 127. The van der Waals surface area contributed by atoms with Crippen LogP contribution >= 0.6 is 35.3 Å². The van der Waals surface area contributed by atoms with E-state index in [1.165, 1.54) is 30.6 Å².